The van der Waals surface area contributed by atoms with Gasteiger partial charge in [-0.1, -0.05) is 5.16 Å². The zero-order valence-corrected chi connectivity index (χ0v) is 12.4. The summed E-state index contributed by atoms with van der Waals surface area (Å²) in [4.78, 5) is 11.9. The van der Waals surface area contributed by atoms with Crippen molar-refractivity contribution in [2.24, 2.45) is 0 Å². The molecule has 0 aliphatic carbocycles. The summed E-state index contributed by atoms with van der Waals surface area (Å²) in [6.07, 6.45) is 1.61. The summed E-state index contributed by atoms with van der Waals surface area (Å²) in [5.74, 6) is 0.623. The lowest BCUT2D eigenvalue weighted by Gasteiger charge is -2.06. The van der Waals surface area contributed by atoms with Crippen LogP contribution in [-0.2, 0) is 6.54 Å². The fourth-order valence-electron chi connectivity index (χ4n) is 2.01. The lowest BCUT2D eigenvalue weighted by Crippen LogP contribution is -2.17. The van der Waals surface area contributed by atoms with Crippen LogP contribution in [-0.4, -0.2) is 26.1 Å². The van der Waals surface area contributed by atoms with Gasteiger partial charge in [0, 0.05) is 6.04 Å². The van der Waals surface area contributed by atoms with Gasteiger partial charge in [-0.25, -0.2) is 14.0 Å². The van der Waals surface area contributed by atoms with Crippen molar-refractivity contribution in [1.29, 1.82) is 0 Å². The van der Waals surface area contributed by atoms with Crippen molar-refractivity contribution in [3.63, 3.8) is 0 Å². The standard InChI is InChI=1S/C13H15N5O4/c1-7(2)14-11-10(15-22-16-11)12-17-21-13(19)18(12)5-9-4-8(3)6-20-9/h4,6-7H,5H2,1-3H3,(H,14,16). The van der Waals surface area contributed by atoms with E-state index in [-0.39, 0.29) is 18.4 Å². The van der Waals surface area contributed by atoms with Crippen molar-refractivity contribution < 1.29 is 13.6 Å². The molecule has 1 N–H and O–H groups in total. The number of furan rings is 1. The molecular weight excluding hydrogens is 290 g/mol. The van der Waals surface area contributed by atoms with Crippen LogP contribution < -0.4 is 11.1 Å². The molecule has 0 aromatic carbocycles. The van der Waals surface area contributed by atoms with Crippen molar-refractivity contribution in [2.45, 2.75) is 33.4 Å². The highest BCUT2D eigenvalue weighted by Crippen LogP contribution is 2.23. The van der Waals surface area contributed by atoms with E-state index in [1.807, 2.05) is 26.8 Å². The van der Waals surface area contributed by atoms with Gasteiger partial charge in [0.1, 0.15) is 5.76 Å². The monoisotopic (exact) mass is 305 g/mol. The van der Waals surface area contributed by atoms with Gasteiger partial charge in [-0.15, -0.1) is 0 Å². The normalized spacial score (nSPS) is 11.3. The first-order valence-electron chi connectivity index (χ1n) is 6.74. The predicted octanol–water partition coefficient (Wildman–Crippen LogP) is 1.66. The molecular formula is C13H15N5O4. The molecule has 0 unspecified atom stereocenters. The van der Waals surface area contributed by atoms with Gasteiger partial charge < -0.3 is 9.73 Å². The van der Waals surface area contributed by atoms with E-state index in [9.17, 15) is 4.79 Å². The molecule has 3 heterocycles. The molecule has 0 radical (unpaired) electrons. The lowest BCUT2D eigenvalue weighted by molar-refractivity contribution is 0.309. The van der Waals surface area contributed by atoms with Crippen LogP contribution in [0.15, 0.2) is 30.7 Å². The van der Waals surface area contributed by atoms with Crippen LogP contribution in [0.4, 0.5) is 5.82 Å². The molecule has 0 atom stereocenters. The Hall–Kier alpha value is -2.84. The number of aryl methyl sites for hydroxylation is 1. The topological polar surface area (TPSA) is 112 Å². The van der Waals surface area contributed by atoms with Gasteiger partial charge in [0.05, 0.1) is 12.8 Å². The van der Waals surface area contributed by atoms with Gasteiger partial charge in [-0.2, -0.15) is 0 Å². The minimum Gasteiger partial charge on any atom is -0.467 e. The molecule has 0 fully saturated rings. The SMILES string of the molecule is Cc1coc(Cn2c(-c3nonc3NC(C)C)noc2=O)c1. The van der Waals surface area contributed by atoms with Crippen LogP contribution in [0.1, 0.15) is 25.2 Å². The molecule has 0 saturated heterocycles. The molecule has 0 saturated carbocycles. The highest BCUT2D eigenvalue weighted by atomic mass is 16.6. The molecule has 0 aliphatic heterocycles. The summed E-state index contributed by atoms with van der Waals surface area (Å²) < 4.78 is 16.1. The maximum atomic E-state index is 11.9. The average Bonchev–Trinajstić information content (AvgIpc) is 3.13. The summed E-state index contributed by atoms with van der Waals surface area (Å²) in [5.41, 5.74) is 1.27. The quantitative estimate of drug-likeness (QED) is 0.757. The highest BCUT2D eigenvalue weighted by Gasteiger charge is 2.22. The zero-order valence-electron chi connectivity index (χ0n) is 12.4. The van der Waals surface area contributed by atoms with Crippen molar-refractivity contribution in [3.8, 4) is 11.5 Å². The van der Waals surface area contributed by atoms with Crippen LogP contribution in [0.3, 0.4) is 0 Å². The molecule has 3 aromatic rings. The van der Waals surface area contributed by atoms with Crippen molar-refractivity contribution in [2.75, 3.05) is 5.32 Å². The predicted molar refractivity (Wildman–Crippen MR) is 75.4 cm³/mol. The molecule has 0 aliphatic rings. The Kier molecular flexibility index (Phi) is 3.53. The summed E-state index contributed by atoms with van der Waals surface area (Å²) in [6, 6.07) is 1.95. The third kappa shape index (κ3) is 2.65. The fourth-order valence-corrected chi connectivity index (χ4v) is 2.01. The number of hydrogen-bond acceptors (Lipinski definition) is 8. The molecule has 9 nitrogen and oxygen atoms in total. The Morgan fingerprint density at radius 2 is 2.14 bits per heavy atom. The number of nitrogens with zero attached hydrogens (tertiary/aromatic N) is 4. The summed E-state index contributed by atoms with van der Waals surface area (Å²) in [7, 11) is 0. The average molecular weight is 305 g/mol. The number of aromatic nitrogens is 4. The molecule has 0 bridgehead atoms. The molecule has 9 heteroatoms. The van der Waals surface area contributed by atoms with Gasteiger partial charge in [-0.05, 0) is 42.7 Å². The van der Waals surface area contributed by atoms with Crippen molar-refractivity contribution in [3.05, 3.63) is 34.2 Å². The van der Waals surface area contributed by atoms with Gasteiger partial charge in [0.15, 0.2) is 5.69 Å². The first-order valence-corrected chi connectivity index (χ1v) is 6.74. The van der Waals surface area contributed by atoms with Crippen molar-refractivity contribution in [1.82, 2.24) is 20.0 Å². The fraction of sp³-hybridized carbons (Fsp3) is 0.385. The van der Waals surface area contributed by atoms with E-state index in [4.69, 9.17) is 13.6 Å². The Morgan fingerprint density at radius 3 is 2.82 bits per heavy atom. The van der Waals surface area contributed by atoms with Crippen LogP contribution in [0.2, 0.25) is 0 Å². The molecule has 0 amide bonds. The third-order valence-corrected chi connectivity index (χ3v) is 2.91. The van der Waals surface area contributed by atoms with Crippen LogP contribution in [0.25, 0.3) is 11.5 Å². The third-order valence-electron chi connectivity index (χ3n) is 2.91. The Bertz CT molecular complexity index is 825. The minimum absolute atomic E-state index is 0.116. The van der Waals surface area contributed by atoms with Crippen LogP contribution >= 0.6 is 0 Å². The first kappa shape index (κ1) is 14.1. The molecule has 116 valence electrons. The van der Waals surface area contributed by atoms with E-state index in [2.05, 4.69) is 20.8 Å². The van der Waals surface area contributed by atoms with Crippen molar-refractivity contribution >= 4 is 5.82 Å². The maximum absolute atomic E-state index is 11.9. The summed E-state index contributed by atoms with van der Waals surface area (Å²) in [5, 5.41) is 14.4. The smallest absolute Gasteiger partial charge is 0.442 e. The van der Waals surface area contributed by atoms with Gasteiger partial charge in [-0.3, -0.25) is 4.52 Å². The van der Waals surface area contributed by atoms with Gasteiger partial charge in [0.25, 0.3) is 0 Å². The van der Waals surface area contributed by atoms with E-state index in [1.54, 1.807) is 6.26 Å². The summed E-state index contributed by atoms with van der Waals surface area (Å²) >= 11 is 0. The molecule has 3 aromatic heterocycles. The van der Waals surface area contributed by atoms with Gasteiger partial charge >= 0.3 is 5.76 Å². The lowest BCUT2D eigenvalue weighted by atomic mass is 10.3. The van der Waals surface area contributed by atoms with E-state index < -0.39 is 5.76 Å². The van der Waals surface area contributed by atoms with E-state index in [0.717, 1.165) is 5.56 Å². The second-order valence-corrected chi connectivity index (χ2v) is 5.21. The van der Waals surface area contributed by atoms with E-state index in [1.165, 1.54) is 4.57 Å². The van der Waals surface area contributed by atoms with Crippen LogP contribution in [0, 0.1) is 6.92 Å². The Balaban J connectivity index is 1.99. The number of anilines is 1. The zero-order chi connectivity index (χ0) is 15.7. The first-order chi connectivity index (χ1) is 10.5. The minimum atomic E-state index is -0.609. The Morgan fingerprint density at radius 1 is 1.32 bits per heavy atom. The second kappa shape index (κ2) is 5.51. The molecule has 0 spiro atoms. The Labute approximate surface area is 124 Å². The van der Waals surface area contributed by atoms with E-state index in [0.29, 0.717) is 17.3 Å². The second-order valence-electron chi connectivity index (χ2n) is 5.21. The molecule has 3 rings (SSSR count). The number of rotatable bonds is 5. The highest BCUT2D eigenvalue weighted by molar-refractivity contribution is 5.64. The number of hydrogen-bond donors (Lipinski definition) is 1. The maximum Gasteiger partial charge on any atom is 0.442 e. The number of nitrogens with one attached hydrogen (secondary N) is 1. The summed E-state index contributed by atoms with van der Waals surface area (Å²) in [6.45, 7) is 5.97. The van der Waals surface area contributed by atoms with Gasteiger partial charge in [0.2, 0.25) is 11.6 Å². The largest absolute Gasteiger partial charge is 0.467 e. The van der Waals surface area contributed by atoms with Crippen LogP contribution in [0.5, 0.6) is 0 Å². The molecule has 22 heavy (non-hydrogen) atoms. The van der Waals surface area contributed by atoms with E-state index >= 15 is 0 Å².